The van der Waals surface area contributed by atoms with E-state index in [9.17, 15) is 4.79 Å². The van der Waals surface area contributed by atoms with Crippen molar-refractivity contribution < 1.29 is 9.53 Å². The van der Waals surface area contributed by atoms with Gasteiger partial charge in [0.15, 0.2) is 0 Å². The molecule has 2 aromatic carbocycles. The first-order valence-electron chi connectivity index (χ1n) is 8.74. The number of benzene rings is 2. The van der Waals surface area contributed by atoms with Crippen molar-refractivity contribution in [1.82, 2.24) is 4.98 Å². The van der Waals surface area contributed by atoms with Gasteiger partial charge in [-0.05, 0) is 42.3 Å². The molecule has 0 saturated carbocycles. The second-order valence-electron chi connectivity index (χ2n) is 5.98. The largest absolute Gasteiger partial charge is 0.490 e. The Hall–Kier alpha value is -2.66. The zero-order valence-electron chi connectivity index (χ0n) is 14.8. The van der Waals surface area contributed by atoms with E-state index >= 15 is 0 Å². The molecule has 0 unspecified atom stereocenters. The van der Waals surface area contributed by atoms with Crippen molar-refractivity contribution in [1.29, 1.82) is 0 Å². The third-order valence-electron chi connectivity index (χ3n) is 3.85. The average molecular weight is 366 g/mol. The van der Waals surface area contributed by atoms with Crippen LogP contribution in [0.5, 0.6) is 5.75 Å². The third-order valence-corrected chi connectivity index (χ3v) is 4.64. The molecule has 3 rings (SSSR count). The van der Waals surface area contributed by atoms with Crippen molar-refractivity contribution in [2.75, 3.05) is 11.9 Å². The van der Waals surface area contributed by atoms with Gasteiger partial charge in [0.1, 0.15) is 12.4 Å². The first kappa shape index (κ1) is 18.1. The first-order chi connectivity index (χ1) is 12.7. The summed E-state index contributed by atoms with van der Waals surface area (Å²) in [5.74, 6) is 0.733. The molecule has 0 bridgehead atoms. The van der Waals surface area contributed by atoms with Gasteiger partial charge in [-0.15, -0.1) is 11.3 Å². The molecular formula is C21H22N2O2S. The molecule has 1 aromatic heterocycles. The quantitative estimate of drug-likeness (QED) is 0.557. The highest BCUT2D eigenvalue weighted by Gasteiger charge is 2.06. The summed E-state index contributed by atoms with van der Waals surface area (Å²) in [4.78, 5) is 16.6. The van der Waals surface area contributed by atoms with Crippen molar-refractivity contribution in [3.8, 4) is 5.75 Å². The molecule has 134 valence electrons. The molecule has 26 heavy (non-hydrogen) atoms. The predicted octanol–water partition coefficient (Wildman–Crippen LogP) is 5.21. The monoisotopic (exact) mass is 366 g/mol. The van der Waals surface area contributed by atoms with Crippen LogP contribution < -0.4 is 10.1 Å². The summed E-state index contributed by atoms with van der Waals surface area (Å²) < 4.78 is 6.77. The fourth-order valence-electron chi connectivity index (χ4n) is 2.57. The van der Waals surface area contributed by atoms with Gasteiger partial charge >= 0.3 is 0 Å². The van der Waals surface area contributed by atoms with E-state index in [1.807, 2.05) is 48.5 Å². The zero-order chi connectivity index (χ0) is 18.2. The van der Waals surface area contributed by atoms with Crippen molar-refractivity contribution >= 4 is 33.1 Å². The summed E-state index contributed by atoms with van der Waals surface area (Å²) in [7, 11) is 0. The Morgan fingerprint density at radius 2 is 2.15 bits per heavy atom. The maximum absolute atomic E-state index is 12.3. The Balaban J connectivity index is 1.55. The minimum atomic E-state index is -0.0474. The lowest BCUT2D eigenvalue weighted by Gasteiger charge is -2.08. The van der Waals surface area contributed by atoms with Crippen LogP contribution >= 0.6 is 11.3 Å². The zero-order valence-corrected chi connectivity index (χ0v) is 15.6. The van der Waals surface area contributed by atoms with E-state index in [4.69, 9.17) is 4.74 Å². The number of amides is 1. The van der Waals surface area contributed by atoms with E-state index in [1.54, 1.807) is 16.8 Å². The van der Waals surface area contributed by atoms with E-state index < -0.39 is 0 Å². The maximum atomic E-state index is 12.3. The fourth-order valence-corrected chi connectivity index (χ4v) is 3.28. The van der Waals surface area contributed by atoms with Crippen LogP contribution in [-0.2, 0) is 11.2 Å². The average Bonchev–Trinajstić information content (AvgIpc) is 3.09. The number of rotatable bonds is 8. The van der Waals surface area contributed by atoms with E-state index in [0.717, 1.165) is 40.1 Å². The molecule has 0 aliphatic rings. The van der Waals surface area contributed by atoms with E-state index in [1.165, 1.54) is 0 Å². The molecule has 0 radical (unpaired) electrons. The van der Waals surface area contributed by atoms with Gasteiger partial charge in [-0.1, -0.05) is 37.6 Å². The molecule has 0 fully saturated rings. The van der Waals surface area contributed by atoms with Gasteiger partial charge in [-0.25, -0.2) is 4.98 Å². The smallest absolute Gasteiger partial charge is 0.228 e. The Morgan fingerprint density at radius 3 is 3.04 bits per heavy atom. The number of aromatic nitrogens is 1. The minimum absolute atomic E-state index is 0.0474. The van der Waals surface area contributed by atoms with Crippen molar-refractivity contribution in [2.24, 2.45) is 0 Å². The van der Waals surface area contributed by atoms with Crippen LogP contribution in [0.1, 0.15) is 25.3 Å². The standard InChI is InChI=1S/C21H22N2O2S/c1-2-3-4-5-11-25-18-8-6-7-16(12-18)13-21(24)23-17-9-10-19-20(14-17)26-15-22-19/h4-10,12,14-15H,2-3,11,13H2,1H3,(H,23,24)/b5-4+. The van der Waals surface area contributed by atoms with Gasteiger partial charge in [-0.3, -0.25) is 4.79 Å². The number of nitrogens with one attached hydrogen (secondary N) is 1. The third kappa shape index (κ3) is 5.17. The van der Waals surface area contributed by atoms with E-state index in [2.05, 4.69) is 23.3 Å². The number of carbonyl (C=O) groups excluding carboxylic acids is 1. The van der Waals surface area contributed by atoms with Crippen LogP contribution in [0, 0.1) is 0 Å². The van der Waals surface area contributed by atoms with Gasteiger partial charge in [0.25, 0.3) is 0 Å². The summed E-state index contributed by atoms with van der Waals surface area (Å²) in [6.45, 7) is 2.69. The number of fused-ring (bicyclic) bond motifs is 1. The molecule has 1 heterocycles. The second-order valence-corrected chi connectivity index (χ2v) is 6.86. The number of allylic oxidation sites excluding steroid dienone is 1. The van der Waals surface area contributed by atoms with Crippen LogP contribution in [-0.4, -0.2) is 17.5 Å². The molecule has 0 aliphatic heterocycles. The highest BCUT2D eigenvalue weighted by atomic mass is 32.1. The Kier molecular flexibility index (Phi) is 6.39. The van der Waals surface area contributed by atoms with Crippen LogP contribution in [0.3, 0.4) is 0 Å². The Bertz CT molecular complexity index is 902. The summed E-state index contributed by atoms with van der Waals surface area (Å²) in [6.07, 6.45) is 6.66. The Labute approximate surface area is 157 Å². The van der Waals surface area contributed by atoms with Crippen molar-refractivity contribution in [3.63, 3.8) is 0 Å². The SMILES string of the molecule is CCC/C=C/COc1cccc(CC(=O)Nc2ccc3ncsc3c2)c1. The highest BCUT2D eigenvalue weighted by molar-refractivity contribution is 7.16. The molecule has 0 saturated heterocycles. The highest BCUT2D eigenvalue weighted by Crippen LogP contribution is 2.22. The fraction of sp³-hybridized carbons (Fsp3) is 0.238. The number of anilines is 1. The number of carbonyl (C=O) groups is 1. The molecule has 0 spiro atoms. The van der Waals surface area contributed by atoms with Crippen LogP contribution in [0.25, 0.3) is 10.2 Å². The molecule has 1 amide bonds. The van der Waals surface area contributed by atoms with E-state index in [0.29, 0.717) is 13.0 Å². The number of unbranched alkanes of at least 4 members (excludes halogenated alkanes) is 1. The predicted molar refractivity (Wildman–Crippen MR) is 108 cm³/mol. The number of ether oxygens (including phenoxy) is 1. The van der Waals surface area contributed by atoms with Gasteiger partial charge in [-0.2, -0.15) is 0 Å². The normalized spacial score (nSPS) is 11.1. The minimum Gasteiger partial charge on any atom is -0.490 e. The summed E-state index contributed by atoms with van der Waals surface area (Å²) >= 11 is 1.56. The maximum Gasteiger partial charge on any atom is 0.228 e. The van der Waals surface area contributed by atoms with Gasteiger partial charge < -0.3 is 10.1 Å². The molecule has 4 nitrogen and oxygen atoms in total. The lowest BCUT2D eigenvalue weighted by molar-refractivity contribution is -0.115. The first-order valence-corrected chi connectivity index (χ1v) is 9.62. The van der Waals surface area contributed by atoms with E-state index in [-0.39, 0.29) is 5.91 Å². The van der Waals surface area contributed by atoms with Gasteiger partial charge in [0, 0.05) is 5.69 Å². The summed E-state index contributed by atoms with van der Waals surface area (Å²) in [6, 6.07) is 13.4. The molecule has 0 aliphatic carbocycles. The summed E-state index contributed by atoms with van der Waals surface area (Å²) in [5, 5.41) is 2.95. The molecule has 0 atom stereocenters. The Morgan fingerprint density at radius 1 is 1.23 bits per heavy atom. The van der Waals surface area contributed by atoms with Crippen LogP contribution in [0.15, 0.2) is 60.1 Å². The van der Waals surface area contributed by atoms with Gasteiger partial charge in [0.2, 0.25) is 5.91 Å². The van der Waals surface area contributed by atoms with Crippen molar-refractivity contribution in [2.45, 2.75) is 26.2 Å². The molecular weight excluding hydrogens is 344 g/mol. The van der Waals surface area contributed by atoms with Crippen LogP contribution in [0.2, 0.25) is 0 Å². The van der Waals surface area contributed by atoms with Gasteiger partial charge in [0.05, 0.1) is 22.1 Å². The second kappa shape index (κ2) is 9.15. The topological polar surface area (TPSA) is 51.2 Å². The molecule has 1 N–H and O–H groups in total. The summed E-state index contributed by atoms with van der Waals surface area (Å²) in [5.41, 5.74) is 4.47. The number of hydrogen-bond acceptors (Lipinski definition) is 4. The lowest BCUT2D eigenvalue weighted by atomic mass is 10.1. The molecule has 3 aromatic rings. The number of hydrogen-bond donors (Lipinski definition) is 1. The van der Waals surface area contributed by atoms with Crippen LogP contribution in [0.4, 0.5) is 5.69 Å². The van der Waals surface area contributed by atoms with Crippen molar-refractivity contribution in [3.05, 3.63) is 65.7 Å². The molecule has 5 heteroatoms. The lowest BCUT2D eigenvalue weighted by Crippen LogP contribution is -2.14. The number of thiazole rings is 1. The number of nitrogens with zero attached hydrogens (tertiary/aromatic N) is 1.